The van der Waals surface area contributed by atoms with E-state index in [0.717, 1.165) is 9.18 Å². The fourth-order valence-electron chi connectivity index (χ4n) is 2.22. The molecule has 0 amide bonds. The van der Waals surface area contributed by atoms with Gasteiger partial charge in [0, 0.05) is 14.1 Å². The van der Waals surface area contributed by atoms with Crippen molar-refractivity contribution < 1.29 is 22.5 Å². The van der Waals surface area contributed by atoms with Gasteiger partial charge in [0.25, 0.3) is 5.89 Å². The maximum atomic E-state index is 12.4. The van der Waals surface area contributed by atoms with Crippen LogP contribution >= 0.6 is 11.3 Å². The molecule has 3 rings (SSSR count). The molecule has 0 fully saturated rings. The third-order valence-electron chi connectivity index (χ3n) is 3.74. The van der Waals surface area contributed by atoms with E-state index in [-0.39, 0.29) is 23.0 Å². The van der Waals surface area contributed by atoms with Crippen molar-refractivity contribution in [3.05, 3.63) is 52.7 Å². The summed E-state index contributed by atoms with van der Waals surface area (Å²) in [4.78, 5) is 17.4. The highest BCUT2D eigenvalue weighted by Gasteiger charge is 2.21. The molecule has 0 N–H and O–H groups in total. The average Bonchev–Trinajstić information content (AvgIpc) is 3.31. The number of aromatic nitrogens is 2. The highest BCUT2D eigenvalue weighted by Crippen LogP contribution is 2.22. The topological polar surface area (TPSA) is 103 Å². The van der Waals surface area contributed by atoms with E-state index in [1.807, 2.05) is 17.5 Å². The van der Waals surface area contributed by atoms with Crippen LogP contribution in [0, 0.1) is 6.92 Å². The number of thiophene rings is 1. The zero-order chi connectivity index (χ0) is 19.6. The fraction of sp³-hybridized carbons (Fsp3) is 0.235. The van der Waals surface area contributed by atoms with Crippen LogP contribution in [0.15, 0.2) is 45.1 Å². The largest absolute Gasteiger partial charge is 0.452 e. The van der Waals surface area contributed by atoms with Gasteiger partial charge in [-0.15, -0.1) is 11.3 Å². The van der Waals surface area contributed by atoms with Crippen LogP contribution in [0.25, 0.3) is 10.7 Å². The van der Waals surface area contributed by atoms with Gasteiger partial charge >= 0.3 is 5.97 Å². The van der Waals surface area contributed by atoms with Crippen LogP contribution in [0.3, 0.4) is 0 Å². The molecule has 3 aromatic rings. The van der Waals surface area contributed by atoms with E-state index in [1.165, 1.54) is 37.6 Å². The Bertz CT molecular complexity index is 1060. The number of esters is 1. The van der Waals surface area contributed by atoms with Crippen molar-refractivity contribution in [3.8, 4) is 10.7 Å². The van der Waals surface area contributed by atoms with E-state index in [9.17, 15) is 13.2 Å². The summed E-state index contributed by atoms with van der Waals surface area (Å²) in [5.74, 6) is -0.0908. The number of hydrogen-bond acceptors (Lipinski definition) is 8. The van der Waals surface area contributed by atoms with Crippen molar-refractivity contribution in [1.29, 1.82) is 0 Å². The second-order valence-electron chi connectivity index (χ2n) is 5.83. The zero-order valence-corrected chi connectivity index (χ0v) is 16.5. The highest BCUT2D eigenvalue weighted by atomic mass is 32.2. The molecule has 1 aromatic carbocycles. The summed E-state index contributed by atoms with van der Waals surface area (Å²) in [6.07, 6.45) is 0. The normalized spacial score (nSPS) is 11.7. The predicted octanol–water partition coefficient (Wildman–Crippen LogP) is 2.71. The molecule has 8 nitrogen and oxygen atoms in total. The van der Waals surface area contributed by atoms with Crippen molar-refractivity contribution in [2.45, 2.75) is 18.4 Å². The number of carbonyl (C=O) groups is 1. The number of ether oxygens (including phenoxy) is 1. The zero-order valence-electron chi connectivity index (χ0n) is 14.9. The molecule has 0 aliphatic carbocycles. The monoisotopic (exact) mass is 407 g/mol. The summed E-state index contributed by atoms with van der Waals surface area (Å²) in [5.41, 5.74) is 0.762. The lowest BCUT2D eigenvalue weighted by atomic mass is 10.1. The van der Waals surface area contributed by atoms with Crippen molar-refractivity contribution in [3.63, 3.8) is 0 Å². The van der Waals surface area contributed by atoms with Crippen LogP contribution in [-0.2, 0) is 21.4 Å². The van der Waals surface area contributed by atoms with Gasteiger partial charge in [0.15, 0.2) is 6.61 Å². The number of rotatable bonds is 6. The summed E-state index contributed by atoms with van der Waals surface area (Å²) in [5, 5.41) is 5.73. The predicted molar refractivity (Wildman–Crippen MR) is 98.8 cm³/mol. The maximum Gasteiger partial charge on any atom is 0.338 e. The van der Waals surface area contributed by atoms with Crippen molar-refractivity contribution in [2.24, 2.45) is 0 Å². The molecule has 142 valence electrons. The van der Waals surface area contributed by atoms with Gasteiger partial charge in [-0.25, -0.2) is 17.5 Å². The molecule has 0 saturated carbocycles. The minimum absolute atomic E-state index is 0.0165. The lowest BCUT2D eigenvalue weighted by molar-refractivity contribution is 0.0428. The molecule has 0 aliphatic heterocycles. The number of carbonyl (C=O) groups excluding carboxylic acids is 1. The van der Waals surface area contributed by atoms with Gasteiger partial charge in [-0.1, -0.05) is 17.3 Å². The van der Waals surface area contributed by atoms with Gasteiger partial charge in [0.2, 0.25) is 15.8 Å². The van der Waals surface area contributed by atoms with E-state index in [1.54, 1.807) is 13.0 Å². The summed E-state index contributed by atoms with van der Waals surface area (Å²) in [6.45, 7) is 1.49. The highest BCUT2D eigenvalue weighted by molar-refractivity contribution is 7.89. The van der Waals surface area contributed by atoms with Crippen LogP contribution in [0.1, 0.15) is 21.8 Å². The Morgan fingerprint density at radius 3 is 2.74 bits per heavy atom. The summed E-state index contributed by atoms with van der Waals surface area (Å²) in [7, 11) is -0.804. The third kappa shape index (κ3) is 4.07. The van der Waals surface area contributed by atoms with E-state index in [0.29, 0.717) is 11.4 Å². The molecule has 0 saturated heterocycles. The number of aryl methyl sites for hydroxylation is 1. The fourth-order valence-corrected chi connectivity index (χ4v) is 3.79. The van der Waals surface area contributed by atoms with Crippen LogP contribution in [-0.4, -0.2) is 42.9 Å². The first-order chi connectivity index (χ1) is 12.8. The third-order valence-corrected chi connectivity index (χ3v) is 6.42. The summed E-state index contributed by atoms with van der Waals surface area (Å²) < 4.78 is 35.9. The van der Waals surface area contributed by atoms with Crippen LogP contribution < -0.4 is 0 Å². The summed E-state index contributed by atoms with van der Waals surface area (Å²) >= 11 is 1.47. The molecule has 2 heterocycles. The minimum Gasteiger partial charge on any atom is -0.452 e. The molecule has 0 unspecified atom stereocenters. The lowest BCUT2D eigenvalue weighted by Crippen LogP contribution is -2.22. The molecular formula is C17H17N3O5S2. The van der Waals surface area contributed by atoms with Crippen LogP contribution in [0.4, 0.5) is 0 Å². The van der Waals surface area contributed by atoms with Gasteiger partial charge in [-0.3, -0.25) is 0 Å². The summed E-state index contributed by atoms with van der Waals surface area (Å²) in [6, 6.07) is 8.04. The van der Waals surface area contributed by atoms with Crippen LogP contribution in [0.2, 0.25) is 0 Å². The van der Waals surface area contributed by atoms with E-state index in [4.69, 9.17) is 9.26 Å². The molecule has 0 bridgehead atoms. The second kappa shape index (κ2) is 7.59. The van der Waals surface area contributed by atoms with E-state index >= 15 is 0 Å². The molecule has 2 aromatic heterocycles. The Kier molecular flexibility index (Phi) is 5.40. The molecular weight excluding hydrogens is 390 g/mol. The van der Waals surface area contributed by atoms with Crippen molar-refractivity contribution in [2.75, 3.05) is 14.1 Å². The SMILES string of the molecule is Cc1ccc(S(=O)(=O)N(C)C)cc1C(=O)OCc1nc(-c2cccs2)no1. The minimum atomic E-state index is -3.65. The Labute approximate surface area is 160 Å². The van der Waals surface area contributed by atoms with Crippen molar-refractivity contribution in [1.82, 2.24) is 14.4 Å². The number of sulfonamides is 1. The average molecular weight is 407 g/mol. The second-order valence-corrected chi connectivity index (χ2v) is 8.93. The Hall–Kier alpha value is -2.56. The first kappa shape index (κ1) is 19.2. The first-order valence-corrected chi connectivity index (χ1v) is 10.2. The molecule has 0 aliphatic rings. The standard InChI is InChI=1S/C17H17N3O5S2/c1-11-6-7-12(27(22,23)20(2)3)9-13(11)17(21)24-10-15-18-16(19-25-15)14-5-4-8-26-14/h4-9H,10H2,1-3H3. The van der Waals surface area contributed by atoms with Gasteiger partial charge < -0.3 is 9.26 Å². The number of hydrogen-bond donors (Lipinski definition) is 0. The van der Waals surface area contributed by atoms with Gasteiger partial charge in [0.05, 0.1) is 15.3 Å². The van der Waals surface area contributed by atoms with Crippen LogP contribution in [0.5, 0.6) is 0 Å². The Morgan fingerprint density at radius 1 is 1.30 bits per heavy atom. The Morgan fingerprint density at radius 2 is 2.07 bits per heavy atom. The molecule has 0 spiro atoms. The lowest BCUT2D eigenvalue weighted by Gasteiger charge is -2.13. The van der Waals surface area contributed by atoms with E-state index in [2.05, 4.69) is 10.1 Å². The molecule has 27 heavy (non-hydrogen) atoms. The smallest absolute Gasteiger partial charge is 0.338 e. The van der Waals surface area contributed by atoms with E-state index < -0.39 is 16.0 Å². The molecule has 0 radical (unpaired) electrons. The van der Waals surface area contributed by atoms with Gasteiger partial charge in [-0.05, 0) is 36.1 Å². The Balaban J connectivity index is 1.75. The maximum absolute atomic E-state index is 12.4. The quantitative estimate of drug-likeness (QED) is 0.579. The molecule has 10 heteroatoms. The molecule has 0 atom stereocenters. The van der Waals surface area contributed by atoms with Gasteiger partial charge in [0.1, 0.15) is 0 Å². The van der Waals surface area contributed by atoms with Gasteiger partial charge in [-0.2, -0.15) is 4.98 Å². The van der Waals surface area contributed by atoms with Crippen molar-refractivity contribution >= 4 is 27.3 Å². The number of benzene rings is 1. The first-order valence-electron chi connectivity index (χ1n) is 7.86. The number of nitrogens with zero attached hydrogens (tertiary/aromatic N) is 3.